The van der Waals surface area contributed by atoms with Crippen LogP contribution in [0.4, 0.5) is 5.69 Å². The predicted molar refractivity (Wildman–Crippen MR) is 108 cm³/mol. The van der Waals surface area contributed by atoms with Crippen molar-refractivity contribution in [2.75, 3.05) is 18.1 Å². The number of ether oxygens (including phenoxy) is 1. The number of para-hydroxylation sites is 1. The van der Waals surface area contributed by atoms with Gasteiger partial charge >= 0.3 is 5.97 Å². The van der Waals surface area contributed by atoms with Gasteiger partial charge in [-0.15, -0.1) is 0 Å². The first kappa shape index (κ1) is 22.2. The Balaban J connectivity index is 2.81. The zero-order chi connectivity index (χ0) is 19.4. The molecular formula is C22H35NO3. The number of amides is 1. The summed E-state index contributed by atoms with van der Waals surface area (Å²) in [5, 5.41) is 0. The van der Waals surface area contributed by atoms with Crippen LogP contribution < -0.4 is 4.90 Å². The smallest absolute Gasteiger partial charge is 0.305 e. The third kappa shape index (κ3) is 6.81. The van der Waals surface area contributed by atoms with Crippen LogP contribution in [0, 0.1) is 0 Å². The highest BCUT2D eigenvalue weighted by Gasteiger charge is 2.20. The lowest BCUT2D eigenvalue weighted by Crippen LogP contribution is -2.33. The van der Waals surface area contributed by atoms with E-state index in [2.05, 4.69) is 32.0 Å². The molecule has 4 heteroatoms. The Bertz CT molecular complexity index is 546. The predicted octanol–water partition coefficient (Wildman–Crippen LogP) is 5.07. The van der Waals surface area contributed by atoms with Crippen molar-refractivity contribution in [3.63, 3.8) is 0 Å². The summed E-state index contributed by atoms with van der Waals surface area (Å²) in [5.41, 5.74) is 3.59. The lowest BCUT2D eigenvalue weighted by atomic mass is 10.0. The highest BCUT2D eigenvalue weighted by molar-refractivity contribution is 5.95. The zero-order valence-electron chi connectivity index (χ0n) is 17.0. The zero-order valence-corrected chi connectivity index (χ0v) is 17.0. The average Bonchev–Trinajstić information content (AvgIpc) is 2.64. The number of benzene rings is 1. The molecule has 4 nitrogen and oxygen atoms in total. The average molecular weight is 362 g/mol. The second-order valence-corrected chi connectivity index (χ2v) is 6.54. The van der Waals surface area contributed by atoms with Crippen molar-refractivity contribution in [1.29, 1.82) is 0 Å². The van der Waals surface area contributed by atoms with Crippen molar-refractivity contribution in [2.24, 2.45) is 0 Å². The van der Waals surface area contributed by atoms with Gasteiger partial charge in [0.2, 0.25) is 5.91 Å². The van der Waals surface area contributed by atoms with Crippen LogP contribution in [0.25, 0.3) is 0 Å². The Morgan fingerprint density at radius 1 is 0.923 bits per heavy atom. The van der Waals surface area contributed by atoms with Crippen molar-refractivity contribution in [3.05, 3.63) is 29.3 Å². The summed E-state index contributed by atoms with van der Waals surface area (Å²) in [6, 6.07) is 6.34. The van der Waals surface area contributed by atoms with Crippen LogP contribution in [0.1, 0.15) is 77.3 Å². The second-order valence-electron chi connectivity index (χ2n) is 6.54. The molecule has 1 rings (SSSR count). The number of carbonyl (C=O) groups excluding carboxylic acids is 2. The molecule has 146 valence electrons. The van der Waals surface area contributed by atoms with Gasteiger partial charge in [-0.1, -0.05) is 45.4 Å². The van der Waals surface area contributed by atoms with Crippen molar-refractivity contribution >= 4 is 17.6 Å². The van der Waals surface area contributed by atoms with Gasteiger partial charge in [-0.05, 0) is 50.2 Å². The van der Waals surface area contributed by atoms with Crippen LogP contribution in [-0.2, 0) is 27.2 Å². The van der Waals surface area contributed by atoms with Crippen LogP contribution in [0.3, 0.4) is 0 Å². The van der Waals surface area contributed by atoms with Gasteiger partial charge in [-0.25, -0.2) is 0 Å². The molecule has 0 aromatic heterocycles. The largest absolute Gasteiger partial charge is 0.466 e. The minimum atomic E-state index is -0.129. The molecule has 1 aromatic carbocycles. The number of unbranched alkanes of at least 4 members (excludes halogenated alkanes) is 2. The molecule has 0 aliphatic carbocycles. The van der Waals surface area contributed by atoms with Crippen molar-refractivity contribution in [2.45, 2.75) is 79.1 Å². The van der Waals surface area contributed by atoms with Crippen molar-refractivity contribution in [1.82, 2.24) is 0 Å². The van der Waals surface area contributed by atoms with E-state index in [4.69, 9.17) is 4.74 Å². The molecule has 0 unspecified atom stereocenters. The van der Waals surface area contributed by atoms with E-state index >= 15 is 0 Å². The highest BCUT2D eigenvalue weighted by atomic mass is 16.5. The number of hydrogen-bond donors (Lipinski definition) is 0. The van der Waals surface area contributed by atoms with Crippen LogP contribution in [-0.4, -0.2) is 25.0 Å². The van der Waals surface area contributed by atoms with E-state index in [1.165, 1.54) is 11.1 Å². The van der Waals surface area contributed by atoms with Gasteiger partial charge < -0.3 is 9.64 Å². The molecule has 0 heterocycles. The fraction of sp³-hybridized carbons (Fsp3) is 0.636. The van der Waals surface area contributed by atoms with E-state index in [1.54, 1.807) is 0 Å². The Kier molecular flexibility index (Phi) is 10.7. The lowest BCUT2D eigenvalue weighted by Gasteiger charge is -2.28. The first-order valence-electron chi connectivity index (χ1n) is 10.2. The van der Waals surface area contributed by atoms with E-state index < -0.39 is 0 Å². The fourth-order valence-corrected chi connectivity index (χ4v) is 3.22. The van der Waals surface area contributed by atoms with Gasteiger partial charge in [-0.2, -0.15) is 0 Å². The molecule has 0 fully saturated rings. The summed E-state index contributed by atoms with van der Waals surface area (Å²) in [6.07, 6.45) is 6.36. The molecule has 0 aliphatic rings. The maximum atomic E-state index is 12.8. The quantitative estimate of drug-likeness (QED) is 0.386. The molecule has 0 bridgehead atoms. The minimum absolute atomic E-state index is 0.129. The van der Waals surface area contributed by atoms with Crippen LogP contribution in [0.5, 0.6) is 0 Å². The number of carbonyl (C=O) groups is 2. The monoisotopic (exact) mass is 361 g/mol. The number of esters is 1. The molecule has 0 saturated heterocycles. The highest BCUT2D eigenvalue weighted by Crippen LogP contribution is 2.28. The molecule has 1 amide bonds. The summed E-state index contributed by atoms with van der Waals surface area (Å²) < 4.78 is 4.97. The Labute approximate surface area is 158 Å². The van der Waals surface area contributed by atoms with E-state index in [1.807, 2.05) is 18.7 Å². The minimum Gasteiger partial charge on any atom is -0.466 e. The van der Waals surface area contributed by atoms with Crippen molar-refractivity contribution < 1.29 is 14.3 Å². The number of aryl methyl sites for hydroxylation is 2. The van der Waals surface area contributed by atoms with Crippen LogP contribution in [0.2, 0.25) is 0 Å². The summed E-state index contributed by atoms with van der Waals surface area (Å²) in [5.74, 6) is 0.0736. The second kappa shape index (κ2) is 12.5. The Hall–Kier alpha value is -1.84. The first-order valence-corrected chi connectivity index (χ1v) is 10.2. The molecule has 0 N–H and O–H groups in total. The fourth-order valence-electron chi connectivity index (χ4n) is 3.22. The van der Waals surface area contributed by atoms with Gasteiger partial charge in [0.05, 0.1) is 6.61 Å². The van der Waals surface area contributed by atoms with E-state index in [-0.39, 0.29) is 11.9 Å². The standard InChI is InChI=1S/C22H35NO3/c1-5-13-20(24)23(17-11-9-10-16-21(25)26-8-4)22-18(6-2)14-12-15-19(22)7-3/h12,14-15H,5-11,13,16-17H2,1-4H3. The third-order valence-corrected chi connectivity index (χ3v) is 4.57. The van der Waals surface area contributed by atoms with Crippen LogP contribution in [0.15, 0.2) is 18.2 Å². The molecular weight excluding hydrogens is 326 g/mol. The summed E-state index contributed by atoms with van der Waals surface area (Å²) in [6.45, 7) is 9.30. The topological polar surface area (TPSA) is 46.6 Å². The number of nitrogens with zero attached hydrogens (tertiary/aromatic N) is 1. The maximum absolute atomic E-state index is 12.8. The number of rotatable bonds is 12. The molecule has 1 aromatic rings. The van der Waals surface area contributed by atoms with Gasteiger partial charge in [0.1, 0.15) is 0 Å². The van der Waals surface area contributed by atoms with Gasteiger partial charge in [0.25, 0.3) is 0 Å². The van der Waals surface area contributed by atoms with E-state index in [0.717, 1.165) is 44.2 Å². The molecule has 0 aliphatic heterocycles. The summed E-state index contributed by atoms with van der Waals surface area (Å²) >= 11 is 0. The first-order chi connectivity index (χ1) is 12.6. The lowest BCUT2D eigenvalue weighted by molar-refractivity contribution is -0.143. The van der Waals surface area contributed by atoms with E-state index in [0.29, 0.717) is 26.0 Å². The summed E-state index contributed by atoms with van der Waals surface area (Å²) in [4.78, 5) is 26.2. The molecule has 0 radical (unpaired) electrons. The molecule has 0 spiro atoms. The third-order valence-electron chi connectivity index (χ3n) is 4.57. The molecule has 0 atom stereocenters. The molecule has 0 saturated carbocycles. The number of hydrogen-bond acceptors (Lipinski definition) is 3. The van der Waals surface area contributed by atoms with Gasteiger partial charge in [0, 0.05) is 25.1 Å². The van der Waals surface area contributed by atoms with Crippen molar-refractivity contribution in [3.8, 4) is 0 Å². The van der Waals surface area contributed by atoms with Crippen LogP contribution >= 0.6 is 0 Å². The summed E-state index contributed by atoms with van der Waals surface area (Å²) in [7, 11) is 0. The SMILES string of the molecule is CCCC(=O)N(CCCCCC(=O)OCC)c1c(CC)cccc1CC. The maximum Gasteiger partial charge on any atom is 0.305 e. The number of anilines is 1. The van der Waals surface area contributed by atoms with Gasteiger partial charge in [-0.3, -0.25) is 9.59 Å². The Morgan fingerprint density at radius 2 is 1.58 bits per heavy atom. The van der Waals surface area contributed by atoms with E-state index in [9.17, 15) is 9.59 Å². The normalized spacial score (nSPS) is 10.6. The Morgan fingerprint density at radius 3 is 2.12 bits per heavy atom. The van der Waals surface area contributed by atoms with Gasteiger partial charge in [0.15, 0.2) is 0 Å². The molecule has 26 heavy (non-hydrogen) atoms.